The molecule has 2 amide bonds. The molecule has 2 rings (SSSR count). The number of carbonyl (C=O) groups excluding carboxylic acids is 3. The first-order valence-corrected chi connectivity index (χ1v) is 8.46. The number of hydrogen-bond acceptors (Lipinski definition) is 6. The van der Waals surface area contributed by atoms with Gasteiger partial charge in [0.2, 0.25) is 0 Å². The Labute approximate surface area is 156 Å². The minimum absolute atomic E-state index is 0.0240. The molecule has 0 aromatic heterocycles. The molecule has 0 unspecified atom stereocenters. The fourth-order valence-electron chi connectivity index (χ4n) is 3.03. The van der Waals surface area contributed by atoms with Crippen molar-refractivity contribution < 1.29 is 33.8 Å². The fraction of sp³-hybridized carbons (Fsp3) is 0.444. The zero-order valence-corrected chi connectivity index (χ0v) is 15.1. The monoisotopic (exact) mass is 378 g/mol. The molecule has 0 aliphatic heterocycles. The van der Waals surface area contributed by atoms with Crippen molar-refractivity contribution in [1.82, 2.24) is 5.32 Å². The lowest BCUT2D eigenvalue weighted by atomic mass is 9.86. The van der Waals surface area contributed by atoms with Crippen molar-refractivity contribution in [3.63, 3.8) is 0 Å². The van der Waals surface area contributed by atoms with Gasteiger partial charge in [-0.3, -0.25) is 4.79 Å². The lowest BCUT2D eigenvalue weighted by molar-refractivity contribution is -0.142. The predicted octanol–water partition coefficient (Wildman–Crippen LogP) is 2.02. The molecule has 0 heterocycles. The molecule has 3 N–H and O–H groups in total. The summed E-state index contributed by atoms with van der Waals surface area (Å²) in [5, 5.41) is 14.4. The summed E-state index contributed by atoms with van der Waals surface area (Å²) < 4.78 is 9.29. The standard InChI is InChI=1S/C18H22N2O7/c1-26-16(23)13-8-7-12(9-14(13)17(24)27-2)20-18(25)19-11-5-3-10(4-6-11)15(21)22/h7-11H,3-6H2,1-2H3,(H,21,22)(H2,19,20,25). The first-order chi connectivity index (χ1) is 12.8. The van der Waals surface area contributed by atoms with Gasteiger partial charge in [-0.1, -0.05) is 0 Å². The zero-order chi connectivity index (χ0) is 20.0. The van der Waals surface area contributed by atoms with Gasteiger partial charge in [-0.15, -0.1) is 0 Å². The molecule has 9 nitrogen and oxygen atoms in total. The maximum Gasteiger partial charge on any atom is 0.338 e. The summed E-state index contributed by atoms with van der Waals surface area (Å²) in [6.45, 7) is 0. The van der Waals surface area contributed by atoms with Gasteiger partial charge >= 0.3 is 23.9 Å². The van der Waals surface area contributed by atoms with Gasteiger partial charge in [0, 0.05) is 11.7 Å². The summed E-state index contributed by atoms with van der Waals surface area (Å²) in [6.07, 6.45) is 2.19. The van der Waals surface area contributed by atoms with Crippen LogP contribution in [0, 0.1) is 5.92 Å². The Morgan fingerprint density at radius 2 is 1.56 bits per heavy atom. The van der Waals surface area contributed by atoms with Crippen LogP contribution in [0.15, 0.2) is 18.2 Å². The third-order valence-corrected chi connectivity index (χ3v) is 4.50. The van der Waals surface area contributed by atoms with Crippen LogP contribution in [-0.4, -0.2) is 49.3 Å². The quantitative estimate of drug-likeness (QED) is 0.668. The lowest BCUT2D eigenvalue weighted by Gasteiger charge is -2.26. The Kier molecular flexibility index (Phi) is 6.75. The maximum absolute atomic E-state index is 12.2. The fourth-order valence-corrected chi connectivity index (χ4v) is 3.03. The van der Waals surface area contributed by atoms with Crippen LogP contribution in [0.5, 0.6) is 0 Å². The predicted molar refractivity (Wildman–Crippen MR) is 94.7 cm³/mol. The number of rotatable bonds is 5. The number of aliphatic carboxylic acids is 1. The lowest BCUT2D eigenvalue weighted by Crippen LogP contribution is -2.41. The van der Waals surface area contributed by atoms with Crippen molar-refractivity contribution in [1.29, 1.82) is 0 Å². The average Bonchev–Trinajstić information content (AvgIpc) is 2.67. The van der Waals surface area contributed by atoms with Crippen LogP contribution in [0.25, 0.3) is 0 Å². The Morgan fingerprint density at radius 1 is 0.963 bits per heavy atom. The second kappa shape index (κ2) is 9.02. The van der Waals surface area contributed by atoms with E-state index in [9.17, 15) is 19.2 Å². The number of hydrogen-bond donors (Lipinski definition) is 3. The van der Waals surface area contributed by atoms with Crippen LogP contribution in [0.1, 0.15) is 46.4 Å². The van der Waals surface area contributed by atoms with Gasteiger partial charge in [-0.05, 0) is 43.9 Å². The van der Waals surface area contributed by atoms with E-state index in [0.29, 0.717) is 31.4 Å². The van der Waals surface area contributed by atoms with Gasteiger partial charge < -0.3 is 25.2 Å². The van der Waals surface area contributed by atoms with Gasteiger partial charge in [-0.25, -0.2) is 14.4 Å². The molecule has 0 radical (unpaired) electrons. The summed E-state index contributed by atoms with van der Waals surface area (Å²) in [4.78, 5) is 46.8. The summed E-state index contributed by atoms with van der Waals surface area (Å²) >= 11 is 0. The van der Waals surface area contributed by atoms with Gasteiger partial charge in [0.05, 0.1) is 31.3 Å². The van der Waals surface area contributed by atoms with Crippen molar-refractivity contribution in [3.8, 4) is 0 Å². The van der Waals surface area contributed by atoms with E-state index in [4.69, 9.17) is 5.11 Å². The summed E-state index contributed by atoms with van der Waals surface area (Å²) in [5.41, 5.74) is 0.311. The molecular weight excluding hydrogens is 356 g/mol. The molecule has 146 valence electrons. The molecular formula is C18H22N2O7. The van der Waals surface area contributed by atoms with E-state index >= 15 is 0 Å². The third kappa shape index (κ3) is 5.19. The van der Waals surface area contributed by atoms with Crippen LogP contribution in [0.3, 0.4) is 0 Å². The number of ether oxygens (including phenoxy) is 2. The van der Waals surface area contributed by atoms with E-state index in [2.05, 4.69) is 20.1 Å². The Morgan fingerprint density at radius 3 is 2.11 bits per heavy atom. The third-order valence-electron chi connectivity index (χ3n) is 4.50. The summed E-state index contributed by atoms with van der Waals surface area (Å²) in [5.74, 6) is -2.59. The highest BCUT2D eigenvalue weighted by molar-refractivity contribution is 6.04. The highest BCUT2D eigenvalue weighted by Crippen LogP contribution is 2.24. The molecule has 0 saturated heterocycles. The van der Waals surface area contributed by atoms with Crippen LogP contribution >= 0.6 is 0 Å². The number of benzene rings is 1. The molecule has 27 heavy (non-hydrogen) atoms. The van der Waals surface area contributed by atoms with Crippen molar-refractivity contribution in [2.24, 2.45) is 5.92 Å². The number of carbonyl (C=O) groups is 4. The van der Waals surface area contributed by atoms with E-state index < -0.39 is 23.9 Å². The molecule has 1 fully saturated rings. The molecule has 1 aromatic rings. The normalized spacial score (nSPS) is 18.9. The first kappa shape index (κ1) is 20.2. The van der Waals surface area contributed by atoms with Crippen molar-refractivity contribution in [2.75, 3.05) is 19.5 Å². The Hall–Kier alpha value is -3.10. The minimum Gasteiger partial charge on any atom is -0.481 e. The molecule has 1 aromatic carbocycles. The summed E-state index contributed by atoms with van der Waals surface area (Å²) in [6, 6.07) is 3.58. The van der Waals surface area contributed by atoms with E-state index in [1.807, 2.05) is 0 Å². The number of methoxy groups -OCH3 is 2. The van der Waals surface area contributed by atoms with Gasteiger partial charge in [0.1, 0.15) is 0 Å². The number of esters is 2. The summed E-state index contributed by atoms with van der Waals surface area (Å²) in [7, 11) is 2.38. The SMILES string of the molecule is COC(=O)c1ccc(NC(=O)NC2CCC(C(=O)O)CC2)cc1C(=O)OC. The minimum atomic E-state index is -0.807. The maximum atomic E-state index is 12.2. The zero-order valence-electron chi connectivity index (χ0n) is 15.1. The number of anilines is 1. The van der Waals surface area contributed by atoms with Crippen LogP contribution in [-0.2, 0) is 14.3 Å². The van der Waals surface area contributed by atoms with E-state index in [1.54, 1.807) is 0 Å². The number of amides is 2. The number of carboxylic acid groups (broad SMARTS) is 1. The van der Waals surface area contributed by atoms with Crippen molar-refractivity contribution >= 4 is 29.6 Å². The molecule has 9 heteroatoms. The Bertz CT molecular complexity index is 739. The first-order valence-electron chi connectivity index (χ1n) is 8.46. The topological polar surface area (TPSA) is 131 Å². The molecule has 1 saturated carbocycles. The van der Waals surface area contributed by atoms with Crippen LogP contribution in [0.4, 0.5) is 10.5 Å². The van der Waals surface area contributed by atoms with Gasteiger partial charge in [0.25, 0.3) is 0 Å². The van der Waals surface area contributed by atoms with E-state index in [1.165, 1.54) is 32.4 Å². The van der Waals surface area contributed by atoms with Crippen molar-refractivity contribution in [3.05, 3.63) is 29.3 Å². The van der Waals surface area contributed by atoms with Crippen LogP contribution < -0.4 is 10.6 Å². The van der Waals surface area contributed by atoms with Gasteiger partial charge in [0.15, 0.2) is 0 Å². The average molecular weight is 378 g/mol. The largest absolute Gasteiger partial charge is 0.481 e. The van der Waals surface area contributed by atoms with Gasteiger partial charge in [-0.2, -0.15) is 0 Å². The molecule has 0 atom stereocenters. The van der Waals surface area contributed by atoms with Crippen molar-refractivity contribution in [2.45, 2.75) is 31.7 Å². The molecule has 1 aliphatic rings. The number of carboxylic acids is 1. The molecule has 1 aliphatic carbocycles. The highest BCUT2D eigenvalue weighted by Gasteiger charge is 2.27. The second-order valence-corrected chi connectivity index (χ2v) is 6.23. The van der Waals surface area contributed by atoms with E-state index in [0.717, 1.165) is 0 Å². The second-order valence-electron chi connectivity index (χ2n) is 6.23. The Balaban J connectivity index is 2.02. The smallest absolute Gasteiger partial charge is 0.338 e. The number of urea groups is 1. The molecule has 0 bridgehead atoms. The van der Waals surface area contributed by atoms with E-state index in [-0.39, 0.29) is 23.1 Å². The number of nitrogens with one attached hydrogen (secondary N) is 2. The highest BCUT2D eigenvalue weighted by atomic mass is 16.5. The van der Waals surface area contributed by atoms with Crippen LogP contribution in [0.2, 0.25) is 0 Å². The molecule has 0 spiro atoms.